The summed E-state index contributed by atoms with van der Waals surface area (Å²) in [6.45, 7) is 4.93. The van der Waals surface area contributed by atoms with Crippen LogP contribution in [0, 0.1) is 5.41 Å². The van der Waals surface area contributed by atoms with E-state index in [1.165, 1.54) is 32.1 Å². The average molecular weight is 381 g/mol. The van der Waals surface area contributed by atoms with Crippen LogP contribution in [0.2, 0.25) is 0 Å². The second-order valence-corrected chi connectivity index (χ2v) is 10.2. The van der Waals surface area contributed by atoms with Crippen molar-refractivity contribution in [3.63, 3.8) is 0 Å². The first-order valence-corrected chi connectivity index (χ1v) is 11.3. The van der Waals surface area contributed by atoms with Crippen LogP contribution < -0.4 is 0 Å². The monoisotopic (exact) mass is 380 g/mol. The predicted molar refractivity (Wildman–Crippen MR) is 103 cm³/mol. The third-order valence-electron chi connectivity index (χ3n) is 7.44. The Bertz CT molecular complexity index is 592. The Labute approximate surface area is 161 Å². The molecule has 6 heteroatoms. The van der Waals surface area contributed by atoms with Crippen molar-refractivity contribution >= 4 is 23.6 Å². The first-order chi connectivity index (χ1) is 12.4. The highest BCUT2D eigenvalue weighted by molar-refractivity contribution is 8.01. The van der Waals surface area contributed by atoms with E-state index in [0.29, 0.717) is 12.5 Å². The summed E-state index contributed by atoms with van der Waals surface area (Å²) in [5, 5.41) is 0. The lowest BCUT2D eigenvalue weighted by atomic mass is 9.54. The van der Waals surface area contributed by atoms with Crippen molar-refractivity contribution in [2.75, 3.05) is 19.4 Å². The normalized spacial score (nSPS) is 38.3. The van der Waals surface area contributed by atoms with Gasteiger partial charge in [-0.1, -0.05) is 19.3 Å². The van der Waals surface area contributed by atoms with Crippen molar-refractivity contribution in [1.29, 1.82) is 0 Å². The summed E-state index contributed by atoms with van der Waals surface area (Å²) < 4.78 is 6.05. The second kappa shape index (κ2) is 6.69. The summed E-state index contributed by atoms with van der Waals surface area (Å²) in [4.78, 5) is 29.5. The summed E-state index contributed by atoms with van der Waals surface area (Å²) in [6, 6.07) is -0.0156. The van der Waals surface area contributed by atoms with Crippen LogP contribution in [0.3, 0.4) is 0 Å². The number of amides is 2. The fourth-order valence-corrected chi connectivity index (χ4v) is 7.39. The average Bonchev–Trinajstić information content (AvgIpc) is 3.14. The molecule has 0 radical (unpaired) electrons. The topological polar surface area (TPSA) is 49.9 Å². The molecule has 4 fully saturated rings. The van der Waals surface area contributed by atoms with Gasteiger partial charge in [0.1, 0.15) is 6.04 Å². The molecule has 2 amide bonds. The Morgan fingerprint density at radius 1 is 1.31 bits per heavy atom. The minimum atomic E-state index is -0.281. The number of rotatable bonds is 4. The molecule has 0 bridgehead atoms. The highest BCUT2D eigenvalue weighted by Gasteiger charge is 2.60. The van der Waals surface area contributed by atoms with Gasteiger partial charge < -0.3 is 14.5 Å². The number of hydrogen-bond acceptors (Lipinski definition) is 4. The maximum atomic E-state index is 13.4. The van der Waals surface area contributed by atoms with Crippen molar-refractivity contribution in [2.45, 2.75) is 88.3 Å². The van der Waals surface area contributed by atoms with E-state index in [1.54, 1.807) is 11.8 Å². The lowest BCUT2D eigenvalue weighted by Crippen LogP contribution is -2.67. The molecule has 5 nitrogen and oxygen atoms in total. The number of hydrogen-bond donors (Lipinski definition) is 0. The number of nitrogens with zero attached hydrogens (tertiary/aromatic N) is 2. The van der Waals surface area contributed by atoms with Gasteiger partial charge in [-0.15, -0.1) is 11.8 Å². The van der Waals surface area contributed by atoms with Crippen LogP contribution in [-0.2, 0) is 14.3 Å². The zero-order chi connectivity index (χ0) is 18.5. The van der Waals surface area contributed by atoms with Crippen LogP contribution in [0.25, 0.3) is 0 Å². The van der Waals surface area contributed by atoms with Gasteiger partial charge in [-0.3, -0.25) is 9.59 Å². The Morgan fingerprint density at radius 2 is 2.04 bits per heavy atom. The van der Waals surface area contributed by atoms with E-state index in [0.717, 1.165) is 25.2 Å². The van der Waals surface area contributed by atoms with E-state index in [-0.39, 0.29) is 34.2 Å². The van der Waals surface area contributed by atoms with Gasteiger partial charge in [0.2, 0.25) is 11.8 Å². The van der Waals surface area contributed by atoms with Crippen molar-refractivity contribution in [1.82, 2.24) is 9.80 Å². The van der Waals surface area contributed by atoms with Crippen LogP contribution in [0.4, 0.5) is 0 Å². The lowest BCUT2D eigenvalue weighted by Gasteiger charge is -2.60. The van der Waals surface area contributed by atoms with Crippen LogP contribution in [0.5, 0.6) is 0 Å². The van der Waals surface area contributed by atoms with Crippen molar-refractivity contribution in [3.05, 3.63) is 0 Å². The van der Waals surface area contributed by atoms with Gasteiger partial charge in [-0.05, 0) is 39.5 Å². The Morgan fingerprint density at radius 3 is 2.73 bits per heavy atom. The molecular formula is C20H32N2O3S. The molecule has 2 saturated carbocycles. The van der Waals surface area contributed by atoms with Crippen molar-refractivity contribution in [2.24, 2.45) is 5.41 Å². The zero-order valence-electron chi connectivity index (χ0n) is 16.3. The minimum Gasteiger partial charge on any atom is -0.378 e. The third-order valence-corrected chi connectivity index (χ3v) is 8.94. The fourth-order valence-electron chi connectivity index (χ4n) is 5.96. The molecule has 2 heterocycles. The number of carbonyl (C=O) groups is 2. The van der Waals surface area contributed by atoms with Gasteiger partial charge in [0.15, 0.2) is 0 Å². The quantitative estimate of drug-likeness (QED) is 0.752. The molecule has 4 rings (SSSR count). The largest absolute Gasteiger partial charge is 0.378 e. The number of ether oxygens (including phenoxy) is 1. The molecule has 0 unspecified atom stereocenters. The first kappa shape index (κ1) is 18.6. The van der Waals surface area contributed by atoms with Gasteiger partial charge >= 0.3 is 0 Å². The van der Waals surface area contributed by atoms with E-state index >= 15 is 0 Å². The second-order valence-electron chi connectivity index (χ2n) is 8.70. The van der Waals surface area contributed by atoms with Gasteiger partial charge in [0.05, 0.1) is 11.0 Å². The molecule has 146 valence electrons. The molecule has 4 aliphatic rings. The molecule has 26 heavy (non-hydrogen) atoms. The number of likely N-dealkylation sites (N-methyl/N-ethyl adjacent to an activating group) is 1. The van der Waals surface area contributed by atoms with Gasteiger partial charge in [-0.2, -0.15) is 0 Å². The summed E-state index contributed by atoms with van der Waals surface area (Å²) in [5.41, 5.74) is 0.142. The van der Waals surface area contributed by atoms with E-state index in [1.807, 2.05) is 16.8 Å². The summed E-state index contributed by atoms with van der Waals surface area (Å²) in [5.74, 6) is 1.03. The van der Waals surface area contributed by atoms with Gasteiger partial charge in [-0.25, -0.2) is 0 Å². The van der Waals surface area contributed by atoms with Gasteiger partial charge in [0.25, 0.3) is 0 Å². The molecule has 2 aliphatic heterocycles. The SMILES string of the molecule is CCO[C@@H]1C[C@H](N(C)C(=O)[C@H]2CS[C@@]3(C)CCC(=O)N23)C12CCCCC2. The van der Waals surface area contributed by atoms with E-state index in [2.05, 4.69) is 13.8 Å². The zero-order valence-corrected chi connectivity index (χ0v) is 17.1. The molecule has 4 atom stereocenters. The summed E-state index contributed by atoms with van der Waals surface area (Å²) in [7, 11) is 1.96. The number of thioether (sulfide) groups is 1. The maximum absolute atomic E-state index is 13.4. The molecule has 0 aromatic carbocycles. The van der Waals surface area contributed by atoms with Crippen LogP contribution in [0.15, 0.2) is 0 Å². The lowest BCUT2D eigenvalue weighted by molar-refractivity contribution is -0.187. The smallest absolute Gasteiger partial charge is 0.246 e. The van der Waals surface area contributed by atoms with Crippen molar-refractivity contribution < 1.29 is 14.3 Å². The van der Waals surface area contributed by atoms with Gasteiger partial charge in [0, 0.05) is 37.3 Å². The molecule has 2 aliphatic carbocycles. The molecule has 0 N–H and O–H groups in total. The highest BCUT2D eigenvalue weighted by atomic mass is 32.2. The molecule has 2 saturated heterocycles. The van der Waals surface area contributed by atoms with E-state index in [4.69, 9.17) is 4.74 Å². The number of fused-ring (bicyclic) bond motifs is 1. The maximum Gasteiger partial charge on any atom is 0.246 e. The molecule has 0 aromatic heterocycles. The minimum absolute atomic E-state index is 0.140. The standard InChI is InChI=1S/C20H32N2O3S/c1-4-25-16-12-15(20(16)9-6-5-7-10-20)21(3)18(24)14-13-26-19(2)11-8-17(23)22(14)19/h14-16H,4-13H2,1-3H3/t14-,15+,16-,19+/m1/s1. The Balaban J connectivity index is 1.51. The predicted octanol–water partition coefficient (Wildman–Crippen LogP) is 3.03. The molecule has 0 aromatic rings. The summed E-state index contributed by atoms with van der Waals surface area (Å²) in [6.07, 6.45) is 8.80. The van der Waals surface area contributed by atoms with E-state index in [9.17, 15) is 9.59 Å². The van der Waals surface area contributed by atoms with Crippen LogP contribution in [0.1, 0.15) is 65.2 Å². The first-order valence-electron chi connectivity index (χ1n) is 10.3. The Kier molecular flexibility index (Phi) is 4.79. The van der Waals surface area contributed by atoms with E-state index < -0.39 is 0 Å². The highest BCUT2D eigenvalue weighted by Crippen LogP contribution is 2.55. The molecular weight excluding hydrogens is 348 g/mol. The Hall–Kier alpha value is -0.750. The van der Waals surface area contributed by atoms with Crippen molar-refractivity contribution in [3.8, 4) is 0 Å². The third kappa shape index (κ3) is 2.62. The van der Waals surface area contributed by atoms with Crippen LogP contribution >= 0.6 is 11.8 Å². The fraction of sp³-hybridized carbons (Fsp3) is 0.900. The van der Waals surface area contributed by atoms with Crippen LogP contribution in [-0.4, -0.2) is 64.1 Å². The summed E-state index contributed by atoms with van der Waals surface area (Å²) >= 11 is 1.78. The number of carbonyl (C=O) groups excluding carboxylic acids is 2. The molecule has 1 spiro atoms.